The molecule has 1 N–H and O–H groups in total. The highest BCUT2D eigenvalue weighted by atomic mass is 35.5. The van der Waals surface area contributed by atoms with E-state index in [2.05, 4.69) is 11.9 Å². The van der Waals surface area contributed by atoms with Gasteiger partial charge in [0.15, 0.2) is 0 Å². The molecule has 2 aromatic rings. The van der Waals surface area contributed by atoms with Gasteiger partial charge in [-0.1, -0.05) is 29.8 Å². The summed E-state index contributed by atoms with van der Waals surface area (Å²) in [4.78, 5) is 40.6. The van der Waals surface area contributed by atoms with Crippen LogP contribution in [-0.4, -0.2) is 47.2 Å². The van der Waals surface area contributed by atoms with Crippen molar-refractivity contribution in [2.24, 2.45) is 0 Å². The first-order valence-electron chi connectivity index (χ1n) is 12.6. The number of amides is 2. The largest absolute Gasteiger partial charge is 0.464 e. The number of hydrogen-bond acceptors (Lipinski definition) is 6. The molecule has 2 aromatic carbocycles. The van der Waals surface area contributed by atoms with Gasteiger partial charge < -0.3 is 19.5 Å². The van der Waals surface area contributed by atoms with Crippen LogP contribution in [0.5, 0.6) is 11.5 Å². The maximum atomic E-state index is 13.5. The van der Waals surface area contributed by atoms with Gasteiger partial charge >= 0.3 is 12.1 Å². The summed E-state index contributed by atoms with van der Waals surface area (Å²) in [7, 11) is 0. The molecule has 0 saturated heterocycles. The molecule has 1 aliphatic heterocycles. The van der Waals surface area contributed by atoms with Gasteiger partial charge in [0, 0.05) is 11.4 Å². The van der Waals surface area contributed by atoms with E-state index >= 15 is 0 Å². The van der Waals surface area contributed by atoms with Crippen LogP contribution in [0.2, 0.25) is 5.02 Å². The molecule has 0 spiro atoms. The molecule has 38 heavy (non-hydrogen) atoms. The Morgan fingerprint density at radius 2 is 1.89 bits per heavy atom. The number of hydrogen-bond donors (Lipinski definition) is 1. The molecule has 1 heterocycles. The zero-order valence-electron chi connectivity index (χ0n) is 22.3. The number of benzene rings is 2. The van der Waals surface area contributed by atoms with Gasteiger partial charge in [0.2, 0.25) is 5.91 Å². The van der Waals surface area contributed by atoms with E-state index in [0.29, 0.717) is 29.4 Å². The van der Waals surface area contributed by atoms with Crippen LogP contribution in [0.15, 0.2) is 55.1 Å². The first kappa shape index (κ1) is 29.0. The number of nitrogens with one attached hydrogen (secondary N) is 1. The minimum absolute atomic E-state index is 0.163. The van der Waals surface area contributed by atoms with Gasteiger partial charge in [0.05, 0.1) is 13.2 Å². The lowest BCUT2D eigenvalue weighted by atomic mass is 9.93. The van der Waals surface area contributed by atoms with Crippen LogP contribution in [0.25, 0.3) is 0 Å². The smallest absolute Gasteiger partial charge is 0.411 e. The van der Waals surface area contributed by atoms with Crippen LogP contribution >= 0.6 is 11.6 Å². The van der Waals surface area contributed by atoms with E-state index in [4.69, 9.17) is 25.8 Å². The van der Waals surface area contributed by atoms with Crippen molar-refractivity contribution in [2.45, 2.75) is 71.2 Å². The number of fused-ring (bicyclic) bond motifs is 1. The maximum absolute atomic E-state index is 13.5. The second-order valence-electron chi connectivity index (χ2n) is 10.00. The molecule has 1 aliphatic rings. The number of nitrogens with zero attached hydrogens (tertiary/aromatic N) is 1. The van der Waals surface area contributed by atoms with Gasteiger partial charge in [-0.15, -0.1) is 6.58 Å². The fourth-order valence-corrected chi connectivity index (χ4v) is 4.26. The van der Waals surface area contributed by atoms with E-state index in [9.17, 15) is 14.4 Å². The summed E-state index contributed by atoms with van der Waals surface area (Å²) in [6.45, 7) is 11.0. The summed E-state index contributed by atoms with van der Waals surface area (Å²) in [5.74, 6) is 0.161. The Morgan fingerprint density at radius 3 is 2.55 bits per heavy atom. The number of carbonyl (C=O) groups is 3. The van der Waals surface area contributed by atoms with E-state index in [1.807, 2.05) is 12.1 Å². The Morgan fingerprint density at radius 1 is 1.16 bits per heavy atom. The molecular weight excluding hydrogens is 508 g/mol. The van der Waals surface area contributed by atoms with Crippen molar-refractivity contribution < 1.29 is 28.6 Å². The van der Waals surface area contributed by atoms with Crippen LogP contribution in [0, 0.1) is 0 Å². The second kappa shape index (κ2) is 12.8. The molecule has 2 atom stereocenters. The van der Waals surface area contributed by atoms with Crippen molar-refractivity contribution in [3.63, 3.8) is 0 Å². The number of halogens is 1. The second-order valence-corrected chi connectivity index (χ2v) is 10.4. The van der Waals surface area contributed by atoms with Crippen molar-refractivity contribution in [2.75, 3.05) is 6.61 Å². The molecule has 2 amide bonds. The Balaban J connectivity index is 1.89. The molecule has 0 aliphatic carbocycles. The van der Waals surface area contributed by atoms with Gasteiger partial charge in [0.1, 0.15) is 29.2 Å². The molecule has 1 unspecified atom stereocenters. The van der Waals surface area contributed by atoms with Crippen molar-refractivity contribution in [1.82, 2.24) is 10.2 Å². The predicted molar refractivity (Wildman–Crippen MR) is 145 cm³/mol. The average molecular weight is 543 g/mol. The third kappa shape index (κ3) is 7.99. The van der Waals surface area contributed by atoms with Gasteiger partial charge in [-0.3, -0.25) is 9.69 Å². The fourth-order valence-electron chi connectivity index (χ4n) is 4.08. The molecule has 204 valence electrons. The first-order chi connectivity index (χ1) is 18.0. The van der Waals surface area contributed by atoms with E-state index in [1.165, 1.54) is 4.90 Å². The zero-order chi connectivity index (χ0) is 27.9. The monoisotopic (exact) mass is 542 g/mol. The van der Waals surface area contributed by atoms with Gasteiger partial charge in [-0.05, 0) is 82.0 Å². The summed E-state index contributed by atoms with van der Waals surface area (Å²) >= 11 is 6.07. The topological polar surface area (TPSA) is 94.2 Å². The highest BCUT2D eigenvalue weighted by Crippen LogP contribution is 2.31. The van der Waals surface area contributed by atoms with Gasteiger partial charge in [-0.2, -0.15) is 0 Å². The van der Waals surface area contributed by atoms with Gasteiger partial charge in [-0.25, -0.2) is 9.59 Å². The zero-order valence-corrected chi connectivity index (χ0v) is 23.0. The highest BCUT2D eigenvalue weighted by Gasteiger charge is 2.38. The SMILES string of the molecule is C=CCC[C@H](NC(=O)C1Cc2cc(Oc3cccc(Cl)c3)ccc2CN1C(=O)OC(C)(C)C)C(=O)OCC. The lowest BCUT2D eigenvalue weighted by molar-refractivity contribution is -0.148. The van der Waals surface area contributed by atoms with Crippen LogP contribution in [0.3, 0.4) is 0 Å². The number of ether oxygens (including phenoxy) is 3. The van der Waals surface area contributed by atoms with Crippen molar-refractivity contribution >= 4 is 29.6 Å². The number of esters is 1. The van der Waals surface area contributed by atoms with E-state index in [0.717, 1.165) is 11.1 Å². The fraction of sp³-hybridized carbons (Fsp3) is 0.414. The van der Waals surface area contributed by atoms with Gasteiger partial charge in [0.25, 0.3) is 0 Å². The van der Waals surface area contributed by atoms with E-state index < -0.39 is 35.7 Å². The molecule has 0 bridgehead atoms. The molecule has 3 rings (SSSR count). The van der Waals surface area contributed by atoms with Crippen LogP contribution in [0.1, 0.15) is 51.7 Å². The Bertz CT molecular complexity index is 1180. The van der Waals surface area contributed by atoms with Crippen molar-refractivity contribution in [3.05, 3.63) is 71.3 Å². The first-order valence-corrected chi connectivity index (χ1v) is 13.0. The number of rotatable bonds is 9. The molecule has 8 nitrogen and oxygen atoms in total. The lowest BCUT2D eigenvalue weighted by Gasteiger charge is -2.37. The minimum atomic E-state index is -0.903. The summed E-state index contributed by atoms with van der Waals surface area (Å²) < 4.78 is 16.7. The van der Waals surface area contributed by atoms with E-state index in [-0.39, 0.29) is 19.6 Å². The summed E-state index contributed by atoms with van der Waals surface area (Å²) in [5.41, 5.74) is 0.972. The Hall–Kier alpha value is -3.52. The Labute approximate surface area is 228 Å². The molecule has 0 radical (unpaired) electrons. The average Bonchev–Trinajstić information content (AvgIpc) is 2.84. The van der Waals surface area contributed by atoms with E-state index in [1.54, 1.807) is 64.1 Å². The number of carbonyl (C=O) groups excluding carboxylic acids is 3. The molecule has 0 aromatic heterocycles. The third-order valence-corrected chi connectivity index (χ3v) is 6.05. The predicted octanol–water partition coefficient (Wildman–Crippen LogP) is 5.81. The third-order valence-electron chi connectivity index (χ3n) is 5.82. The quantitative estimate of drug-likeness (QED) is 0.317. The lowest BCUT2D eigenvalue weighted by Crippen LogP contribution is -2.56. The molecule has 9 heteroatoms. The van der Waals surface area contributed by atoms with Crippen molar-refractivity contribution in [1.29, 1.82) is 0 Å². The summed E-state index contributed by atoms with van der Waals surface area (Å²) in [5, 5.41) is 3.34. The molecule has 0 saturated carbocycles. The summed E-state index contributed by atoms with van der Waals surface area (Å²) in [6.07, 6.45) is 2.12. The summed E-state index contributed by atoms with van der Waals surface area (Å²) in [6, 6.07) is 10.8. The van der Waals surface area contributed by atoms with Crippen LogP contribution in [0.4, 0.5) is 4.79 Å². The highest BCUT2D eigenvalue weighted by molar-refractivity contribution is 6.30. The normalized spacial score (nSPS) is 15.6. The van der Waals surface area contributed by atoms with Crippen LogP contribution in [-0.2, 0) is 32.0 Å². The molecule has 0 fully saturated rings. The van der Waals surface area contributed by atoms with Crippen LogP contribution < -0.4 is 10.1 Å². The Kier molecular flexibility index (Phi) is 9.80. The van der Waals surface area contributed by atoms with Crippen molar-refractivity contribution in [3.8, 4) is 11.5 Å². The standard InChI is InChI=1S/C29H35ClN2O6/c1-6-8-12-24(27(34)36-7-2)31-26(33)25-16-20-15-23(37-22-11-9-10-21(30)17-22)14-13-19(20)18-32(25)28(35)38-29(3,4)5/h6,9-11,13-15,17,24-25H,1,7-8,12,16,18H2,2-5H3,(H,31,33)/t24-,25?/m0/s1. The minimum Gasteiger partial charge on any atom is -0.464 e. The number of allylic oxidation sites excluding steroid dienone is 1. The maximum Gasteiger partial charge on any atom is 0.411 e. The molecular formula is C29H35ClN2O6.